The summed E-state index contributed by atoms with van der Waals surface area (Å²) in [4.78, 5) is 6.76. The summed E-state index contributed by atoms with van der Waals surface area (Å²) in [6.07, 6.45) is 4.86. The zero-order valence-corrected chi connectivity index (χ0v) is 20.4. The van der Waals surface area contributed by atoms with Crippen LogP contribution in [0.3, 0.4) is 0 Å². The van der Waals surface area contributed by atoms with Gasteiger partial charge in [0.25, 0.3) is 0 Å². The fourth-order valence-corrected chi connectivity index (χ4v) is 3.36. The zero-order valence-electron chi connectivity index (χ0n) is 16.5. The fraction of sp³-hybridized carbons (Fsp3) is 0.650. The van der Waals surface area contributed by atoms with E-state index in [0.717, 1.165) is 36.5 Å². The summed E-state index contributed by atoms with van der Waals surface area (Å²) in [5.41, 5.74) is 1.70. The van der Waals surface area contributed by atoms with Crippen LogP contribution in [-0.4, -0.2) is 50.6 Å². The highest BCUT2D eigenvalue weighted by molar-refractivity contribution is 14.0. The topological polar surface area (TPSA) is 39.7 Å². The van der Waals surface area contributed by atoms with Gasteiger partial charge in [0.15, 0.2) is 5.96 Å². The number of guanidine groups is 1. The Morgan fingerprint density at radius 3 is 2.58 bits per heavy atom. The Bertz CT molecular complexity index is 573. The van der Waals surface area contributed by atoms with E-state index < -0.39 is 0 Å². The fourth-order valence-electron chi connectivity index (χ4n) is 2.96. The highest BCUT2D eigenvalue weighted by Gasteiger charge is 2.44. The first-order valence-electron chi connectivity index (χ1n) is 9.38. The zero-order chi connectivity index (χ0) is 18.3. The first-order chi connectivity index (χ1) is 12.0. The molecule has 0 unspecified atom stereocenters. The first-order valence-corrected chi connectivity index (χ1v) is 10.2. The molecule has 148 valence electrons. The summed E-state index contributed by atoms with van der Waals surface area (Å²) in [5, 5.41) is 6.97. The summed E-state index contributed by atoms with van der Waals surface area (Å²) in [6, 6.07) is 9.32. The normalized spacial score (nSPS) is 15.7. The van der Waals surface area contributed by atoms with E-state index in [4.69, 9.17) is 0 Å². The smallest absolute Gasteiger partial charge is 0.191 e. The van der Waals surface area contributed by atoms with E-state index in [0.29, 0.717) is 6.04 Å². The number of unbranched alkanes of at least 4 members (excludes halogenated alkanes) is 1. The number of aliphatic imine (C=N–C) groups is 1. The van der Waals surface area contributed by atoms with Crippen LogP contribution in [0.1, 0.15) is 45.1 Å². The predicted molar refractivity (Wildman–Crippen MR) is 127 cm³/mol. The van der Waals surface area contributed by atoms with E-state index in [2.05, 4.69) is 81.6 Å². The maximum absolute atomic E-state index is 4.37. The maximum Gasteiger partial charge on any atom is 0.191 e. The molecule has 6 heteroatoms. The molecule has 4 nitrogen and oxygen atoms in total. The van der Waals surface area contributed by atoms with E-state index in [-0.39, 0.29) is 29.4 Å². The third-order valence-corrected chi connectivity index (χ3v) is 5.71. The standard InChI is InChI=1S/C20H33BrN4.HI/c1-16(2)25(4)13-6-5-12-23-19(22-3)24-15-20(10-11-20)17-8-7-9-18(21)14-17;/h7-9,14,16H,5-6,10-13,15H2,1-4H3,(H2,22,23,24);1H. The number of nitrogens with zero attached hydrogens (tertiary/aromatic N) is 2. The molecule has 26 heavy (non-hydrogen) atoms. The van der Waals surface area contributed by atoms with Gasteiger partial charge in [0, 0.05) is 36.1 Å². The molecule has 0 heterocycles. The average Bonchev–Trinajstić information content (AvgIpc) is 3.38. The van der Waals surface area contributed by atoms with Gasteiger partial charge >= 0.3 is 0 Å². The average molecular weight is 537 g/mol. The maximum atomic E-state index is 4.37. The van der Waals surface area contributed by atoms with E-state index >= 15 is 0 Å². The van der Waals surface area contributed by atoms with E-state index in [1.54, 1.807) is 0 Å². The first kappa shape index (κ1) is 23.7. The molecule has 1 aliphatic rings. The predicted octanol–water partition coefficient (Wildman–Crippen LogP) is 4.38. The molecule has 0 spiro atoms. The van der Waals surface area contributed by atoms with Crippen molar-refractivity contribution < 1.29 is 0 Å². The molecule has 0 aliphatic heterocycles. The summed E-state index contributed by atoms with van der Waals surface area (Å²) in [6.45, 7) is 7.54. The Balaban J connectivity index is 0.00000338. The minimum Gasteiger partial charge on any atom is -0.356 e. The van der Waals surface area contributed by atoms with E-state index in [1.807, 2.05) is 7.05 Å². The summed E-state index contributed by atoms with van der Waals surface area (Å²) in [7, 11) is 4.04. The third kappa shape index (κ3) is 7.35. The van der Waals surface area contributed by atoms with Crippen LogP contribution in [0.5, 0.6) is 0 Å². The van der Waals surface area contributed by atoms with Crippen LogP contribution >= 0.6 is 39.9 Å². The van der Waals surface area contributed by atoms with Crippen molar-refractivity contribution >= 4 is 45.9 Å². The molecule has 2 rings (SSSR count). The number of halogens is 2. The van der Waals surface area contributed by atoms with Gasteiger partial charge < -0.3 is 15.5 Å². The lowest BCUT2D eigenvalue weighted by molar-refractivity contribution is 0.268. The van der Waals surface area contributed by atoms with Crippen molar-refractivity contribution in [2.75, 3.05) is 33.7 Å². The van der Waals surface area contributed by atoms with Crippen molar-refractivity contribution in [3.05, 3.63) is 34.3 Å². The van der Waals surface area contributed by atoms with Crippen molar-refractivity contribution in [1.29, 1.82) is 0 Å². The van der Waals surface area contributed by atoms with Crippen LogP contribution in [0.2, 0.25) is 0 Å². The van der Waals surface area contributed by atoms with E-state index in [1.165, 1.54) is 24.8 Å². The number of nitrogens with one attached hydrogen (secondary N) is 2. The molecule has 0 bridgehead atoms. The minimum absolute atomic E-state index is 0. The Kier molecular flexibility index (Phi) is 10.5. The van der Waals surface area contributed by atoms with Crippen LogP contribution in [0.15, 0.2) is 33.7 Å². The number of rotatable bonds is 9. The third-order valence-electron chi connectivity index (χ3n) is 5.22. The lowest BCUT2D eigenvalue weighted by Crippen LogP contribution is -2.41. The second-order valence-corrected chi connectivity index (χ2v) is 8.34. The minimum atomic E-state index is 0. The highest BCUT2D eigenvalue weighted by Crippen LogP contribution is 2.48. The van der Waals surface area contributed by atoms with Crippen LogP contribution in [-0.2, 0) is 5.41 Å². The lowest BCUT2D eigenvalue weighted by Gasteiger charge is -2.21. The molecule has 1 saturated carbocycles. The molecule has 0 radical (unpaired) electrons. The van der Waals surface area contributed by atoms with Crippen molar-refractivity contribution in [2.45, 2.75) is 51.0 Å². The van der Waals surface area contributed by atoms with Gasteiger partial charge in [-0.1, -0.05) is 28.1 Å². The van der Waals surface area contributed by atoms with Crippen molar-refractivity contribution in [3.63, 3.8) is 0 Å². The largest absolute Gasteiger partial charge is 0.356 e. The molecule has 2 N–H and O–H groups in total. The van der Waals surface area contributed by atoms with Gasteiger partial charge in [0.1, 0.15) is 0 Å². The monoisotopic (exact) mass is 536 g/mol. The summed E-state index contributed by atoms with van der Waals surface area (Å²) in [5.74, 6) is 0.915. The molecule has 1 aliphatic carbocycles. The molecular weight excluding hydrogens is 503 g/mol. The van der Waals surface area contributed by atoms with Gasteiger partial charge in [0.05, 0.1) is 0 Å². The SMILES string of the molecule is CN=C(NCCCCN(C)C(C)C)NCC1(c2cccc(Br)c2)CC1.I. The van der Waals surface area contributed by atoms with Gasteiger partial charge in [-0.2, -0.15) is 0 Å². The highest BCUT2D eigenvalue weighted by atomic mass is 127. The Hall–Kier alpha value is -0.340. The van der Waals surface area contributed by atoms with E-state index in [9.17, 15) is 0 Å². The molecule has 0 amide bonds. The van der Waals surface area contributed by atoms with Crippen LogP contribution in [0.25, 0.3) is 0 Å². The lowest BCUT2D eigenvalue weighted by atomic mass is 9.96. The number of benzene rings is 1. The molecule has 0 atom stereocenters. The van der Waals surface area contributed by atoms with Gasteiger partial charge in [-0.25, -0.2) is 0 Å². The molecule has 0 aromatic heterocycles. The van der Waals surface area contributed by atoms with Gasteiger partial charge in [-0.05, 0) is 70.8 Å². The van der Waals surface area contributed by atoms with Crippen LogP contribution in [0.4, 0.5) is 0 Å². The Labute approximate surface area is 184 Å². The van der Waals surface area contributed by atoms with Crippen LogP contribution in [0, 0.1) is 0 Å². The molecule has 1 aromatic rings. The van der Waals surface area contributed by atoms with Crippen molar-refractivity contribution in [1.82, 2.24) is 15.5 Å². The summed E-state index contributed by atoms with van der Waals surface area (Å²) < 4.78 is 1.16. The van der Waals surface area contributed by atoms with Gasteiger partial charge in [-0.3, -0.25) is 4.99 Å². The molecular formula is C20H34BrIN4. The van der Waals surface area contributed by atoms with Gasteiger partial charge in [-0.15, -0.1) is 24.0 Å². The molecule has 1 fully saturated rings. The van der Waals surface area contributed by atoms with Crippen molar-refractivity contribution in [2.24, 2.45) is 4.99 Å². The van der Waals surface area contributed by atoms with Crippen LogP contribution < -0.4 is 10.6 Å². The Morgan fingerprint density at radius 2 is 2.00 bits per heavy atom. The quantitative estimate of drug-likeness (QED) is 0.213. The Morgan fingerprint density at radius 1 is 1.27 bits per heavy atom. The second-order valence-electron chi connectivity index (χ2n) is 7.42. The number of hydrogen-bond acceptors (Lipinski definition) is 2. The summed E-state index contributed by atoms with van der Waals surface area (Å²) >= 11 is 3.58. The number of hydrogen-bond donors (Lipinski definition) is 2. The molecule has 0 saturated heterocycles. The molecule has 1 aromatic carbocycles. The second kappa shape index (κ2) is 11.5. The van der Waals surface area contributed by atoms with Crippen molar-refractivity contribution in [3.8, 4) is 0 Å². The van der Waals surface area contributed by atoms with Gasteiger partial charge in [0.2, 0.25) is 0 Å².